The second kappa shape index (κ2) is 15.1. The van der Waals surface area contributed by atoms with E-state index in [9.17, 15) is 14.7 Å². The monoisotopic (exact) mass is 461 g/mol. The summed E-state index contributed by atoms with van der Waals surface area (Å²) in [5.74, 6) is 1.24. The molecule has 2 rings (SSSR count). The number of aliphatic hydroxyl groups excluding tert-OH is 1. The number of likely N-dealkylation sites (tertiary alicyclic amines) is 1. The molecular formula is C26H39NO4S. The van der Waals surface area contributed by atoms with Gasteiger partial charge in [0.05, 0.1) is 12.1 Å². The minimum absolute atomic E-state index is 0.0647. The van der Waals surface area contributed by atoms with Gasteiger partial charge in [0.1, 0.15) is 0 Å². The van der Waals surface area contributed by atoms with Crippen LogP contribution in [0.4, 0.5) is 0 Å². The molecule has 0 saturated carbocycles. The lowest BCUT2D eigenvalue weighted by atomic mass is 9.95. The molecule has 1 aliphatic rings. The number of aryl methyl sites for hydroxylation is 1. The van der Waals surface area contributed by atoms with Crippen LogP contribution in [0.2, 0.25) is 0 Å². The predicted molar refractivity (Wildman–Crippen MR) is 132 cm³/mol. The van der Waals surface area contributed by atoms with E-state index in [0.29, 0.717) is 19.4 Å². The molecule has 0 bridgehead atoms. The Balaban J connectivity index is 1.63. The summed E-state index contributed by atoms with van der Waals surface area (Å²) >= 11 is 1.70. The van der Waals surface area contributed by atoms with Crippen molar-refractivity contribution in [2.45, 2.75) is 76.9 Å². The van der Waals surface area contributed by atoms with Gasteiger partial charge in [-0.3, -0.25) is 9.59 Å². The van der Waals surface area contributed by atoms with Crippen LogP contribution >= 0.6 is 11.8 Å². The van der Waals surface area contributed by atoms with Gasteiger partial charge in [-0.2, -0.15) is 11.8 Å². The Kier molecular flexibility index (Phi) is 12.5. The quantitative estimate of drug-likeness (QED) is 0.270. The number of nitrogens with zero attached hydrogens (tertiary/aromatic N) is 1. The first-order valence-corrected chi connectivity index (χ1v) is 13.1. The van der Waals surface area contributed by atoms with Gasteiger partial charge in [0.2, 0.25) is 5.91 Å². The molecule has 1 amide bonds. The third-order valence-corrected chi connectivity index (χ3v) is 7.16. The molecule has 1 aliphatic heterocycles. The first-order valence-electron chi connectivity index (χ1n) is 12.0. The van der Waals surface area contributed by atoms with Gasteiger partial charge in [-0.05, 0) is 49.3 Å². The third kappa shape index (κ3) is 10.2. The SMILES string of the molecule is C[C@@H](CCCCCc1ccccc1)[C@H](O)/C=C/[C@H]1CCC(=O)N1CCSCCCC(=O)O. The number of unbranched alkanes of at least 4 members (excludes halogenated alkanes) is 2. The smallest absolute Gasteiger partial charge is 0.303 e. The summed E-state index contributed by atoms with van der Waals surface area (Å²) in [6.07, 6.45) is 11.2. The lowest BCUT2D eigenvalue weighted by Gasteiger charge is -2.23. The van der Waals surface area contributed by atoms with E-state index in [0.717, 1.165) is 37.2 Å². The maximum atomic E-state index is 12.2. The first kappa shape index (κ1) is 26.5. The molecule has 3 atom stereocenters. The molecule has 5 nitrogen and oxygen atoms in total. The Labute approximate surface area is 197 Å². The highest BCUT2D eigenvalue weighted by Gasteiger charge is 2.28. The molecule has 1 heterocycles. The average molecular weight is 462 g/mol. The number of carboxylic acid groups (broad SMARTS) is 1. The number of benzene rings is 1. The Morgan fingerprint density at radius 3 is 2.72 bits per heavy atom. The molecule has 0 unspecified atom stereocenters. The van der Waals surface area contributed by atoms with Gasteiger partial charge in [0.15, 0.2) is 0 Å². The van der Waals surface area contributed by atoms with E-state index in [1.807, 2.05) is 23.1 Å². The first-order chi connectivity index (χ1) is 15.5. The Morgan fingerprint density at radius 2 is 1.97 bits per heavy atom. The molecule has 2 N–H and O–H groups in total. The number of aliphatic hydroxyl groups is 1. The van der Waals surface area contributed by atoms with Crippen LogP contribution in [0.5, 0.6) is 0 Å². The summed E-state index contributed by atoms with van der Waals surface area (Å²) in [7, 11) is 0. The summed E-state index contributed by atoms with van der Waals surface area (Å²) in [5, 5.41) is 19.2. The zero-order valence-electron chi connectivity index (χ0n) is 19.3. The van der Waals surface area contributed by atoms with Gasteiger partial charge in [0.25, 0.3) is 0 Å². The van der Waals surface area contributed by atoms with Gasteiger partial charge >= 0.3 is 5.97 Å². The van der Waals surface area contributed by atoms with Crippen molar-refractivity contribution in [1.82, 2.24) is 4.90 Å². The van der Waals surface area contributed by atoms with E-state index >= 15 is 0 Å². The van der Waals surface area contributed by atoms with Crippen molar-refractivity contribution in [3.8, 4) is 0 Å². The minimum Gasteiger partial charge on any atom is -0.481 e. The van der Waals surface area contributed by atoms with E-state index in [1.54, 1.807) is 11.8 Å². The molecule has 1 fully saturated rings. The van der Waals surface area contributed by atoms with Crippen LogP contribution < -0.4 is 0 Å². The lowest BCUT2D eigenvalue weighted by Crippen LogP contribution is -2.34. The van der Waals surface area contributed by atoms with E-state index in [4.69, 9.17) is 5.11 Å². The molecule has 0 radical (unpaired) electrons. The fourth-order valence-electron chi connectivity index (χ4n) is 4.06. The predicted octanol–water partition coefficient (Wildman–Crippen LogP) is 4.93. The number of hydrogen-bond donors (Lipinski definition) is 2. The molecule has 32 heavy (non-hydrogen) atoms. The van der Waals surface area contributed by atoms with Crippen LogP contribution in [0.15, 0.2) is 42.5 Å². The summed E-state index contributed by atoms with van der Waals surface area (Å²) < 4.78 is 0. The molecule has 1 aromatic rings. The number of rotatable bonds is 16. The zero-order valence-corrected chi connectivity index (χ0v) is 20.1. The van der Waals surface area contributed by atoms with Crippen LogP contribution in [0.1, 0.15) is 63.9 Å². The topological polar surface area (TPSA) is 77.8 Å². The molecule has 1 aromatic carbocycles. The highest BCUT2D eigenvalue weighted by molar-refractivity contribution is 7.99. The molecule has 1 saturated heterocycles. The molecule has 0 spiro atoms. The summed E-state index contributed by atoms with van der Waals surface area (Å²) in [6, 6.07) is 10.6. The highest BCUT2D eigenvalue weighted by Crippen LogP contribution is 2.22. The third-order valence-electron chi connectivity index (χ3n) is 6.11. The second-order valence-corrected chi connectivity index (χ2v) is 9.97. The van der Waals surface area contributed by atoms with Crippen molar-refractivity contribution in [3.05, 3.63) is 48.0 Å². The van der Waals surface area contributed by atoms with Crippen LogP contribution in [-0.4, -0.2) is 57.2 Å². The van der Waals surface area contributed by atoms with Gasteiger partial charge in [0, 0.05) is 25.1 Å². The van der Waals surface area contributed by atoms with Crippen LogP contribution in [0.25, 0.3) is 0 Å². The van der Waals surface area contributed by atoms with Gasteiger partial charge < -0.3 is 15.1 Å². The molecule has 0 aliphatic carbocycles. The summed E-state index contributed by atoms with van der Waals surface area (Å²) in [4.78, 5) is 24.7. The normalized spacial score (nSPS) is 18.4. The molecule has 0 aromatic heterocycles. The van der Waals surface area contributed by atoms with Crippen molar-refractivity contribution in [2.75, 3.05) is 18.1 Å². The molecular weight excluding hydrogens is 422 g/mol. The number of aliphatic carboxylic acids is 1. The Bertz CT molecular complexity index is 709. The van der Waals surface area contributed by atoms with Crippen LogP contribution in [-0.2, 0) is 16.0 Å². The second-order valence-electron chi connectivity index (χ2n) is 8.74. The van der Waals surface area contributed by atoms with E-state index < -0.39 is 12.1 Å². The largest absolute Gasteiger partial charge is 0.481 e. The maximum Gasteiger partial charge on any atom is 0.303 e. The van der Waals surface area contributed by atoms with Crippen molar-refractivity contribution < 1.29 is 19.8 Å². The highest BCUT2D eigenvalue weighted by atomic mass is 32.2. The number of carbonyl (C=O) groups is 2. The zero-order chi connectivity index (χ0) is 23.2. The summed E-state index contributed by atoms with van der Waals surface area (Å²) in [6.45, 7) is 2.77. The molecule has 6 heteroatoms. The lowest BCUT2D eigenvalue weighted by molar-refractivity contribution is -0.137. The van der Waals surface area contributed by atoms with Crippen molar-refractivity contribution in [3.63, 3.8) is 0 Å². The van der Waals surface area contributed by atoms with Crippen LogP contribution in [0.3, 0.4) is 0 Å². The van der Waals surface area contributed by atoms with E-state index in [2.05, 4.69) is 31.2 Å². The van der Waals surface area contributed by atoms with E-state index in [1.165, 1.54) is 18.4 Å². The van der Waals surface area contributed by atoms with Gasteiger partial charge in [-0.25, -0.2) is 0 Å². The van der Waals surface area contributed by atoms with Crippen molar-refractivity contribution in [2.24, 2.45) is 5.92 Å². The number of hydrogen-bond acceptors (Lipinski definition) is 4. The van der Waals surface area contributed by atoms with Gasteiger partial charge in [-0.1, -0.05) is 62.2 Å². The van der Waals surface area contributed by atoms with E-state index in [-0.39, 0.29) is 24.3 Å². The fourth-order valence-corrected chi connectivity index (χ4v) is 4.93. The number of amides is 1. The number of thioether (sulfide) groups is 1. The fraction of sp³-hybridized carbons (Fsp3) is 0.615. The standard InChI is InChI=1S/C26H39NO4S/c1-21(9-4-2-5-10-22-11-6-3-7-12-22)24(28)16-14-23-15-17-25(29)27(23)18-20-32-19-8-13-26(30)31/h3,6-7,11-12,14,16,21,23-24,28H,2,4-5,8-10,13,15,17-20H2,1H3,(H,30,31)/b16-14+/t21-,23-,24+/m0/s1. The Hall–Kier alpha value is -1.79. The summed E-state index contributed by atoms with van der Waals surface area (Å²) in [5.41, 5.74) is 1.39. The minimum atomic E-state index is -0.759. The maximum absolute atomic E-state index is 12.2. The van der Waals surface area contributed by atoms with Crippen LogP contribution in [0, 0.1) is 5.92 Å². The number of carbonyl (C=O) groups excluding carboxylic acids is 1. The Morgan fingerprint density at radius 1 is 1.19 bits per heavy atom. The van der Waals surface area contributed by atoms with Crippen molar-refractivity contribution in [1.29, 1.82) is 0 Å². The average Bonchev–Trinajstić information content (AvgIpc) is 3.13. The number of carboxylic acids is 1. The molecule has 178 valence electrons. The van der Waals surface area contributed by atoms with Gasteiger partial charge in [-0.15, -0.1) is 0 Å². The van der Waals surface area contributed by atoms with Crippen molar-refractivity contribution >= 4 is 23.6 Å².